The van der Waals surface area contributed by atoms with E-state index in [0.717, 1.165) is 25.4 Å². The smallest absolute Gasteiger partial charge is 0.0925 e. The van der Waals surface area contributed by atoms with E-state index in [-0.39, 0.29) is 8.10 Å². The molecule has 1 saturated carbocycles. The van der Waals surface area contributed by atoms with E-state index in [9.17, 15) is 4.39 Å². The Kier molecular flexibility index (Phi) is 1.22. The van der Waals surface area contributed by atoms with Crippen LogP contribution in [0.25, 0.3) is 0 Å². The Morgan fingerprint density at radius 1 is 1.56 bits per heavy atom. The highest BCUT2D eigenvalue weighted by Gasteiger charge is 2.43. The molecular formula is C7H14FN. The minimum atomic E-state index is -0.0944. The van der Waals surface area contributed by atoms with E-state index < -0.39 is 0 Å². The predicted octanol–water partition coefficient (Wildman–Crippen LogP) is 1.06. The highest BCUT2D eigenvalue weighted by atomic mass is 19.1. The molecule has 3 atom stereocenters. The number of rotatable bonds is 1. The largest absolute Gasteiger partial charge is 0.316 e. The van der Waals surface area contributed by atoms with Gasteiger partial charge in [0, 0.05) is 1.43 Å². The van der Waals surface area contributed by atoms with E-state index in [2.05, 4.69) is 5.32 Å². The molecule has 1 heterocycles. The lowest BCUT2D eigenvalue weighted by atomic mass is 9.67. The number of hydrogen-bond donors (Lipinski definition) is 1. The lowest BCUT2D eigenvalue weighted by Gasteiger charge is -2.37. The molecule has 54 valence electrons. The normalized spacial score (nSPS) is 48.3. The van der Waals surface area contributed by atoms with Crippen LogP contribution < -0.4 is 5.32 Å². The predicted molar refractivity (Wildman–Crippen MR) is 36.0 cm³/mol. The number of nitrogens with one attached hydrogen (secondary N) is 1. The number of halogens is 1. The summed E-state index contributed by atoms with van der Waals surface area (Å²) < 4.78 is 12.0. The monoisotopic (exact) mass is 131 g/mol. The molecule has 2 aliphatic rings. The van der Waals surface area contributed by atoms with Crippen LogP contribution in [0.3, 0.4) is 0 Å². The third-order valence-corrected chi connectivity index (χ3v) is 2.80. The molecule has 1 aliphatic carbocycles. The topological polar surface area (TPSA) is 12.0 Å². The van der Waals surface area contributed by atoms with Crippen molar-refractivity contribution >= 4 is 0 Å². The van der Waals surface area contributed by atoms with Gasteiger partial charge in [0.05, 0.1) is 6.67 Å². The Morgan fingerprint density at radius 2 is 2.44 bits per heavy atom. The molecule has 0 bridgehead atoms. The van der Waals surface area contributed by atoms with Crippen LogP contribution in [0.15, 0.2) is 0 Å². The maximum Gasteiger partial charge on any atom is 0.0925 e. The average molecular weight is 131 g/mol. The Labute approximate surface area is 56.1 Å². The molecule has 1 nitrogen and oxygen atoms in total. The number of fused-ring (bicyclic) bond motifs is 1. The van der Waals surface area contributed by atoms with Crippen molar-refractivity contribution in [3.63, 3.8) is 0 Å². The lowest BCUT2D eigenvalue weighted by Crippen LogP contribution is -2.36. The van der Waals surface area contributed by atoms with Crippen molar-refractivity contribution < 1.29 is 5.82 Å². The molecule has 1 aliphatic heterocycles. The van der Waals surface area contributed by atoms with E-state index >= 15 is 0 Å². The van der Waals surface area contributed by atoms with Crippen LogP contribution >= 0.6 is 0 Å². The van der Waals surface area contributed by atoms with Gasteiger partial charge in [0.2, 0.25) is 0 Å². The fourth-order valence-corrected chi connectivity index (χ4v) is 2.11. The Balaban J connectivity index is 0.000000500. The highest BCUT2D eigenvalue weighted by Crippen LogP contribution is 2.42. The second kappa shape index (κ2) is 1.94. The van der Waals surface area contributed by atoms with Crippen LogP contribution in [0.2, 0.25) is 0 Å². The summed E-state index contributed by atoms with van der Waals surface area (Å²) in [5.41, 5.74) is 0. The number of alkyl halides is 1. The first-order chi connectivity index (χ1) is 4.42. The maximum absolute atomic E-state index is 12.0. The van der Waals surface area contributed by atoms with Crippen LogP contribution in [0.1, 0.15) is 7.85 Å². The van der Waals surface area contributed by atoms with Gasteiger partial charge >= 0.3 is 0 Å². The molecule has 0 aromatic rings. The van der Waals surface area contributed by atoms with E-state index in [4.69, 9.17) is 0 Å². The lowest BCUT2D eigenvalue weighted by molar-refractivity contribution is 0.0936. The third-order valence-electron chi connectivity index (χ3n) is 2.80. The first kappa shape index (κ1) is 5.66. The SMILES string of the molecule is FCC1CC2CNC[C@@H]12.[HH]. The fourth-order valence-electron chi connectivity index (χ4n) is 2.11. The highest BCUT2D eigenvalue weighted by molar-refractivity contribution is 4.95. The summed E-state index contributed by atoms with van der Waals surface area (Å²) in [7, 11) is 0. The van der Waals surface area contributed by atoms with Crippen LogP contribution in [0, 0.1) is 17.8 Å². The van der Waals surface area contributed by atoms with Gasteiger partial charge in [0.1, 0.15) is 0 Å². The molecule has 2 heteroatoms. The van der Waals surface area contributed by atoms with Crippen molar-refractivity contribution in [2.75, 3.05) is 19.8 Å². The zero-order valence-corrected chi connectivity index (χ0v) is 5.44. The van der Waals surface area contributed by atoms with Gasteiger partial charge in [-0.2, -0.15) is 0 Å². The van der Waals surface area contributed by atoms with Gasteiger partial charge in [-0.3, -0.25) is 4.39 Å². The van der Waals surface area contributed by atoms with Crippen LogP contribution in [0.4, 0.5) is 4.39 Å². The molecule has 2 unspecified atom stereocenters. The van der Waals surface area contributed by atoms with Crippen molar-refractivity contribution in [3.05, 3.63) is 0 Å². The van der Waals surface area contributed by atoms with Crippen molar-refractivity contribution in [1.29, 1.82) is 0 Å². The quantitative estimate of drug-likeness (QED) is 0.561. The molecule has 0 amide bonds. The van der Waals surface area contributed by atoms with E-state index in [1.54, 1.807) is 0 Å². The van der Waals surface area contributed by atoms with Gasteiger partial charge in [-0.15, -0.1) is 0 Å². The molecule has 0 aromatic heterocycles. The molecular weight excluding hydrogens is 117 g/mol. The Hall–Kier alpha value is -0.110. The molecule has 0 radical (unpaired) electrons. The van der Waals surface area contributed by atoms with Gasteiger partial charge in [-0.1, -0.05) is 0 Å². The zero-order chi connectivity index (χ0) is 6.27. The van der Waals surface area contributed by atoms with Crippen molar-refractivity contribution in [3.8, 4) is 0 Å². The third kappa shape index (κ3) is 0.692. The Bertz CT molecular complexity index is 120. The van der Waals surface area contributed by atoms with Crippen LogP contribution in [0.5, 0.6) is 0 Å². The van der Waals surface area contributed by atoms with Gasteiger partial charge in [-0.25, -0.2) is 0 Å². The van der Waals surface area contributed by atoms with Crippen molar-refractivity contribution in [2.45, 2.75) is 6.42 Å². The first-order valence-electron chi connectivity index (χ1n) is 3.68. The van der Waals surface area contributed by atoms with E-state index in [0.29, 0.717) is 11.8 Å². The minimum Gasteiger partial charge on any atom is -0.316 e. The molecule has 9 heavy (non-hydrogen) atoms. The maximum atomic E-state index is 12.0. The molecule has 0 aromatic carbocycles. The van der Waals surface area contributed by atoms with Gasteiger partial charge in [0.15, 0.2) is 0 Å². The number of hydrogen-bond acceptors (Lipinski definition) is 1. The zero-order valence-electron chi connectivity index (χ0n) is 5.44. The summed E-state index contributed by atoms with van der Waals surface area (Å²) in [6.45, 7) is 2.11. The average Bonchev–Trinajstić information content (AvgIpc) is 2.14. The van der Waals surface area contributed by atoms with Crippen molar-refractivity contribution in [1.82, 2.24) is 5.32 Å². The standard InChI is InChI=1S/C7H12FN.H2/c8-2-5-1-6-3-9-4-7(5)6;/h5-7,9H,1-4H2;1H/t5?,6?,7-;/m0./s1. The van der Waals surface area contributed by atoms with E-state index in [1.165, 1.54) is 0 Å². The summed E-state index contributed by atoms with van der Waals surface area (Å²) in [5, 5.41) is 3.28. The van der Waals surface area contributed by atoms with Crippen LogP contribution in [-0.2, 0) is 0 Å². The summed E-state index contributed by atoms with van der Waals surface area (Å²) in [6, 6.07) is 0. The van der Waals surface area contributed by atoms with E-state index in [1.807, 2.05) is 0 Å². The molecule has 0 spiro atoms. The minimum absolute atomic E-state index is 0. The molecule has 2 fully saturated rings. The summed E-state index contributed by atoms with van der Waals surface area (Å²) in [4.78, 5) is 0. The molecule has 1 saturated heterocycles. The second-order valence-electron chi connectivity index (χ2n) is 3.23. The van der Waals surface area contributed by atoms with Gasteiger partial charge in [-0.05, 0) is 37.3 Å². The second-order valence-corrected chi connectivity index (χ2v) is 3.23. The molecule has 2 rings (SSSR count). The van der Waals surface area contributed by atoms with Gasteiger partial charge in [0.25, 0.3) is 0 Å². The Morgan fingerprint density at radius 3 is 3.11 bits per heavy atom. The molecule has 1 N–H and O–H groups in total. The van der Waals surface area contributed by atoms with Gasteiger partial charge < -0.3 is 5.32 Å². The van der Waals surface area contributed by atoms with Crippen LogP contribution in [-0.4, -0.2) is 19.8 Å². The summed E-state index contributed by atoms with van der Waals surface area (Å²) >= 11 is 0. The fraction of sp³-hybridized carbons (Fsp3) is 1.00. The first-order valence-corrected chi connectivity index (χ1v) is 3.68. The summed E-state index contributed by atoms with van der Waals surface area (Å²) in [5.74, 6) is 1.92. The summed E-state index contributed by atoms with van der Waals surface area (Å²) in [6.07, 6.45) is 1.13. The van der Waals surface area contributed by atoms with Crippen molar-refractivity contribution in [2.24, 2.45) is 17.8 Å².